The summed E-state index contributed by atoms with van der Waals surface area (Å²) in [5.74, 6) is -1.10. The number of nitrogens with two attached hydrogens (primary N) is 1. The van der Waals surface area contributed by atoms with Gasteiger partial charge in [0.2, 0.25) is 5.95 Å². The van der Waals surface area contributed by atoms with E-state index >= 15 is 0 Å². The number of rotatable bonds is 4. The number of hydrogen-bond acceptors (Lipinski definition) is 6. The molecule has 0 fully saturated rings. The fourth-order valence-electron chi connectivity index (χ4n) is 2.78. The van der Waals surface area contributed by atoms with Gasteiger partial charge in [-0.05, 0) is 35.9 Å². The molecule has 3 heterocycles. The number of pyridine rings is 1. The van der Waals surface area contributed by atoms with Gasteiger partial charge in [0.15, 0.2) is 5.69 Å². The number of anilines is 1. The van der Waals surface area contributed by atoms with Crippen molar-refractivity contribution in [3.63, 3.8) is 0 Å². The molecule has 0 spiro atoms. The number of nitrogens with one attached hydrogen (secondary N) is 1. The molecule has 0 unspecified atom stereocenters. The summed E-state index contributed by atoms with van der Waals surface area (Å²) in [7, 11) is 0. The van der Waals surface area contributed by atoms with Crippen molar-refractivity contribution in [2.24, 2.45) is 0 Å². The van der Waals surface area contributed by atoms with Gasteiger partial charge in [-0.15, -0.1) is 11.3 Å². The van der Waals surface area contributed by atoms with Crippen LogP contribution in [0.5, 0.6) is 0 Å². The van der Waals surface area contributed by atoms with E-state index in [9.17, 15) is 14.0 Å². The van der Waals surface area contributed by atoms with Crippen molar-refractivity contribution in [3.8, 4) is 5.69 Å². The standard InChI is InChI=1S/C19H13ClFN5O2S/c20-11-2-4-12(5-3-11)26-19(28)15-13(9-29-17(15)22)16(25-26)18(27)24-8-10-1-6-14(21)23-7-10/h1-7,9H,8,22H2,(H,24,27)/i21-1. The molecule has 1 aromatic carbocycles. The Balaban J connectivity index is 1.75. The highest BCUT2D eigenvalue weighted by molar-refractivity contribution is 7.15. The Morgan fingerprint density at radius 1 is 1.24 bits per heavy atom. The number of fused-ring (bicyclic) bond motifs is 1. The quantitative estimate of drug-likeness (QED) is 0.486. The molecule has 0 bridgehead atoms. The molecule has 0 aliphatic rings. The van der Waals surface area contributed by atoms with Crippen molar-refractivity contribution in [3.05, 3.63) is 80.6 Å². The van der Waals surface area contributed by atoms with Crippen LogP contribution in [0.1, 0.15) is 16.1 Å². The lowest BCUT2D eigenvalue weighted by Crippen LogP contribution is -2.29. The van der Waals surface area contributed by atoms with E-state index < -0.39 is 17.4 Å². The summed E-state index contributed by atoms with van der Waals surface area (Å²) >= 11 is 7.07. The van der Waals surface area contributed by atoms with E-state index in [0.29, 0.717) is 26.7 Å². The number of halogens is 2. The minimum absolute atomic E-state index is 0.0533. The second-order valence-electron chi connectivity index (χ2n) is 6.10. The maximum absolute atomic E-state index is 12.9. The van der Waals surface area contributed by atoms with Crippen LogP contribution in [0.25, 0.3) is 16.5 Å². The summed E-state index contributed by atoms with van der Waals surface area (Å²) in [5.41, 5.74) is 6.67. The number of thiophene rings is 1. The van der Waals surface area contributed by atoms with E-state index in [0.717, 1.165) is 16.0 Å². The molecule has 7 nitrogen and oxygen atoms in total. The van der Waals surface area contributed by atoms with E-state index in [1.165, 1.54) is 18.3 Å². The van der Waals surface area contributed by atoms with Crippen molar-refractivity contribution in [2.75, 3.05) is 5.73 Å². The lowest BCUT2D eigenvalue weighted by Gasteiger charge is -2.10. The molecule has 0 saturated carbocycles. The van der Waals surface area contributed by atoms with E-state index in [2.05, 4.69) is 15.4 Å². The van der Waals surface area contributed by atoms with Crippen LogP contribution in [-0.2, 0) is 6.54 Å². The van der Waals surface area contributed by atoms with Gasteiger partial charge < -0.3 is 11.1 Å². The fraction of sp³-hybridized carbons (Fsp3) is 0.0526. The first-order valence-corrected chi connectivity index (χ1v) is 9.64. The molecule has 0 atom stereocenters. The third-order valence-corrected chi connectivity index (χ3v) is 5.27. The Morgan fingerprint density at radius 2 is 2.00 bits per heavy atom. The summed E-state index contributed by atoms with van der Waals surface area (Å²) in [6, 6.07) is 9.20. The van der Waals surface area contributed by atoms with Crippen LogP contribution < -0.4 is 16.6 Å². The summed E-state index contributed by atoms with van der Waals surface area (Å²) in [4.78, 5) is 29.3. The van der Waals surface area contributed by atoms with Gasteiger partial charge in [0, 0.05) is 28.5 Å². The fourth-order valence-corrected chi connectivity index (χ4v) is 3.69. The SMILES string of the molecule is Nc1scc2c(C(=O)NCc3ccc([18F])nc3)nn(-c3ccc(Cl)cc3)c(=O)c12. The Labute approximate surface area is 172 Å². The number of aromatic nitrogens is 3. The number of benzene rings is 1. The number of hydrogen-bond donors (Lipinski definition) is 2. The zero-order valence-corrected chi connectivity index (χ0v) is 16.3. The molecule has 29 heavy (non-hydrogen) atoms. The molecule has 3 aromatic heterocycles. The average Bonchev–Trinajstić information content (AvgIpc) is 3.11. The second-order valence-corrected chi connectivity index (χ2v) is 7.45. The van der Waals surface area contributed by atoms with Crippen molar-refractivity contribution in [2.45, 2.75) is 6.54 Å². The van der Waals surface area contributed by atoms with Crippen molar-refractivity contribution < 1.29 is 9.18 Å². The van der Waals surface area contributed by atoms with Gasteiger partial charge in [-0.1, -0.05) is 17.7 Å². The van der Waals surface area contributed by atoms with Crippen LogP contribution in [0.4, 0.5) is 9.39 Å². The van der Waals surface area contributed by atoms with Gasteiger partial charge in [0.1, 0.15) is 0 Å². The number of carbonyl (C=O) groups is 1. The molecule has 4 aromatic rings. The molecular formula is C19H13ClFN5O2S. The first kappa shape index (κ1) is 19.0. The zero-order valence-electron chi connectivity index (χ0n) is 14.7. The maximum Gasteiger partial charge on any atom is 0.282 e. The lowest BCUT2D eigenvalue weighted by molar-refractivity contribution is 0.0946. The lowest BCUT2D eigenvalue weighted by atomic mass is 10.2. The molecule has 4 rings (SSSR count). The molecular weight excluding hydrogens is 416 g/mol. The van der Waals surface area contributed by atoms with Gasteiger partial charge in [-0.25, -0.2) is 4.98 Å². The molecule has 0 aliphatic carbocycles. The molecule has 1 amide bonds. The van der Waals surface area contributed by atoms with Crippen molar-refractivity contribution >= 4 is 44.6 Å². The van der Waals surface area contributed by atoms with E-state index in [4.69, 9.17) is 17.3 Å². The van der Waals surface area contributed by atoms with Crippen molar-refractivity contribution in [1.82, 2.24) is 20.1 Å². The average molecular weight is 429 g/mol. The highest BCUT2D eigenvalue weighted by Gasteiger charge is 2.20. The monoisotopic (exact) mass is 428 g/mol. The first-order valence-electron chi connectivity index (χ1n) is 8.38. The summed E-state index contributed by atoms with van der Waals surface area (Å²) in [5, 5.41) is 10.0. The number of amides is 1. The molecule has 0 saturated heterocycles. The molecule has 10 heteroatoms. The van der Waals surface area contributed by atoms with E-state index in [-0.39, 0.29) is 17.6 Å². The smallest absolute Gasteiger partial charge is 0.282 e. The third-order valence-electron chi connectivity index (χ3n) is 4.21. The Kier molecular flexibility index (Phi) is 4.99. The molecule has 0 radical (unpaired) electrons. The van der Waals surface area contributed by atoms with Crippen LogP contribution >= 0.6 is 22.9 Å². The van der Waals surface area contributed by atoms with Crippen LogP contribution in [0.2, 0.25) is 5.02 Å². The minimum atomic E-state index is -0.604. The van der Waals surface area contributed by atoms with Crippen LogP contribution in [0.3, 0.4) is 0 Å². The Hall–Kier alpha value is -3.30. The third kappa shape index (κ3) is 3.69. The van der Waals surface area contributed by atoms with Crippen LogP contribution in [-0.4, -0.2) is 20.7 Å². The topological polar surface area (TPSA) is 103 Å². The van der Waals surface area contributed by atoms with Gasteiger partial charge in [0.05, 0.1) is 16.1 Å². The van der Waals surface area contributed by atoms with Gasteiger partial charge in [-0.3, -0.25) is 9.59 Å². The molecule has 146 valence electrons. The predicted octanol–water partition coefficient (Wildman–Crippen LogP) is 3.15. The predicted molar refractivity (Wildman–Crippen MR) is 110 cm³/mol. The molecule has 0 aliphatic heterocycles. The van der Waals surface area contributed by atoms with Crippen LogP contribution in [0.15, 0.2) is 52.8 Å². The maximum atomic E-state index is 12.9. The van der Waals surface area contributed by atoms with Gasteiger partial charge in [0.25, 0.3) is 11.5 Å². The van der Waals surface area contributed by atoms with Crippen molar-refractivity contribution in [1.29, 1.82) is 0 Å². The largest absolute Gasteiger partial charge is 0.390 e. The highest BCUT2D eigenvalue weighted by atomic mass is 35.5. The first-order chi connectivity index (χ1) is 13.9. The van der Waals surface area contributed by atoms with Gasteiger partial charge >= 0.3 is 0 Å². The highest BCUT2D eigenvalue weighted by Crippen LogP contribution is 2.27. The summed E-state index contributed by atoms with van der Waals surface area (Å²) < 4.78 is 14.1. The number of nitrogen functional groups attached to an aromatic ring is 1. The normalized spacial score (nSPS) is 11.0. The van der Waals surface area contributed by atoms with E-state index in [1.54, 1.807) is 29.6 Å². The number of carbonyl (C=O) groups excluding carboxylic acids is 1. The Bertz CT molecular complexity index is 1270. The zero-order chi connectivity index (χ0) is 20.5. The molecule has 3 N–H and O–H groups in total. The van der Waals surface area contributed by atoms with Gasteiger partial charge in [-0.2, -0.15) is 14.2 Å². The minimum Gasteiger partial charge on any atom is -0.390 e. The summed E-state index contributed by atoms with van der Waals surface area (Å²) in [6.45, 7) is 0.120. The summed E-state index contributed by atoms with van der Waals surface area (Å²) in [6.07, 6.45) is 1.33. The van der Waals surface area contributed by atoms with Crippen LogP contribution in [0, 0.1) is 5.95 Å². The number of nitrogens with zero attached hydrogens (tertiary/aromatic N) is 3. The van der Waals surface area contributed by atoms with E-state index in [1.807, 2.05) is 0 Å². The Morgan fingerprint density at radius 3 is 2.69 bits per heavy atom. The second kappa shape index (κ2) is 7.61.